The van der Waals surface area contributed by atoms with Gasteiger partial charge in [0.1, 0.15) is 13.2 Å². The predicted molar refractivity (Wildman–Crippen MR) is 284 cm³/mol. The molecule has 0 rings (SSSR count). The maximum atomic E-state index is 12.8. The zero-order chi connectivity index (χ0) is 47.9. The summed E-state index contributed by atoms with van der Waals surface area (Å²) in [6.07, 6.45) is 68.8. The van der Waals surface area contributed by atoms with Crippen LogP contribution in [0.5, 0.6) is 0 Å². The molecule has 0 fully saturated rings. The van der Waals surface area contributed by atoms with Crippen molar-refractivity contribution in [2.75, 3.05) is 13.2 Å². The first-order valence-electron chi connectivity index (χ1n) is 27.9. The van der Waals surface area contributed by atoms with Crippen molar-refractivity contribution in [3.63, 3.8) is 0 Å². The van der Waals surface area contributed by atoms with Crippen LogP contribution in [0.3, 0.4) is 0 Å². The van der Waals surface area contributed by atoms with E-state index in [-0.39, 0.29) is 31.1 Å². The fraction of sp³-hybridized carbons (Fsp3) is 0.750. The second kappa shape index (κ2) is 54.5. The molecule has 0 saturated heterocycles. The van der Waals surface area contributed by atoms with Crippen molar-refractivity contribution < 1.29 is 28.6 Å². The quantitative estimate of drug-likeness (QED) is 0.0262. The molecule has 66 heavy (non-hydrogen) atoms. The van der Waals surface area contributed by atoms with Crippen LogP contribution in [0.25, 0.3) is 0 Å². The number of hydrogen-bond acceptors (Lipinski definition) is 6. The summed E-state index contributed by atoms with van der Waals surface area (Å²) in [5.41, 5.74) is 0. The smallest absolute Gasteiger partial charge is 0.306 e. The number of esters is 3. The molecule has 0 aromatic carbocycles. The topological polar surface area (TPSA) is 78.9 Å². The Morgan fingerprint density at radius 2 is 0.545 bits per heavy atom. The average molecular weight is 921 g/mol. The molecule has 0 aliphatic rings. The Bertz CT molecular complexity index is 1180. The number of carbonyl (C=O) groups is 3. The first kappa shape index (κ1) is 62.8. The molecule has 0 N–H and O–H groups in total. The summed E-state index contributed by atoms with van der Waals surface area (Å²) in [5.74, 6) is -0.927. The monoisotopic (exact) mass is 921 g/mol. The highest BCUT2D eigenvalue weighted by atomic mass is 16.6. The first-order valence-corrected chi connectivity index (χ1v) is 27.9. The van der Waals surface area contributed by atoms with Crippen molar-refractivity contribution in [2.24, 2.45) is 0 Å². The molecular weight excluding hydrogens is 817 g/mol. The van der Waals surface area contributed by atoms with E-state index in [1.807, 2.05) is 0 Å². The largest absolute Gasteiger partial charge is 0.462 e. The van der Waals surface area contributed by atoms with Gasteiger partial charge >= 0.3 is 17.9 Å². The van der Waals surface area contributed by atoms with Crippen LogP contribution < -0.4 is 0 Å². The van der Waals surface area contributed by atoms with Gasteiger partial charge in [-0.15, -0.1) is 0 Å². The third-order valence-electron chi connectivity index (χ3n) is 11.9. The number of allylic oxidation sites excluding steroid dienone is 12. The lowest BCUT2D eigenvalue weighted by atomic mass is 10.1. The van der Waals surface area contributed by atoms with Crippen molar-refractivity contribution in [1.29, 1.82) is 0 Å². The Morgan fingerprint density at radius 3 is 0.833 bits per heavy atom. The number of ether oxygens (including phenoxy) is 3. The SMILES string of the molecule is CCCCCC/C=C\C/C=C\CCCCCCCC(=O)OCC(COC(=O)CCCCCCC/C=C\C/C=C\CCCCCC)OC(=O)CCCCCCC/C=C\C/C=C\CCCCCC. The van der Waals surface area contributed by atoms with Crippen molar-refractivity contribution in [3.8, 4) is 0 Å². The van der Waals surface area contributed by atoms with Crippen molar-refractivity contribution in [1.82, 2.24) is 0 Å². The lowest BCUT2D eigenvalue weighted by Crippen LogP contribution is -2.30. The van der Waals surface area contributed by atoms with E-state index in [9.17, 15) is 14.4 Å². The van der Waals surface area contributed by atoms with Crippen molar-refractivity contribution in [2.45, 2.75) is 277 Å². The second-order valence-electron chi connectivity index (χ2n) is 18.5. The molecular formula is C60H104O6. The number of rotatable bonds is 50. The average Bonchev–Trinajstić information content (AvgIpc) is 3.31. The first-order chi connectivity index (χ1) is 32.5. The Hall–Kier alpha value is -3.15. The fourth-order valence-electron chi connectivity index (χ4n) is 7.65. The van der Waals surface area contributed by atoms with Crippen molar-refractivity contribution in [3.05, 3.63) is 72.9 Å². The molecule has 0 aromatic rings. The minimum absolute atomic E-state index is 0.0930. The van der Waals surface area contributed by atoms with Gasteiger partial charge in [-0.2, -0.15) is 0 Å². The van der Waals surface area contributed by atoms with Crippen LogP contribution in [-0.4, -0.2) is 37.2 Å². The van der Waals surface area contributed by atoms with Crippen molar-refractivity contribution >= 4 is 17.9 Å². The summed E-state index contributed by atoms with van der Waals surface area (Å²) in [5, 5.41) is 0. The molecule has 6 heteroatoms. The minimum atomic E-state index is -0.795. The van der Waals surface area contributed by atoms with E-state index in [2.05, 4.69) is 93.7 Å². The summed E-state index contributed by atoms with van der Waals surface area (Å²) < 4.78 is 16.8. The summed E-state index contributed by atoms with van der Waals surface area (Å²) in [6.45, 7) is 6.56. The van der Waals surface area contributed by atoms with Crippen LogP contribution in [-0.2, 0) is 28.6 Å². The Morgan fingerprint density at radius 1 is 0.303 bits per heavy atom. The van der Waals surface area contributed by atoms with E-state index in [1.165, 1.54) is 96.3 Å². The lowest BCUT2D eigenvalue weighted by Gasteiger charge is -2.18. The van der Waals surface area contributed by atoms with Crippen LogP contribution in [0.15, 0.2) is 72.9 Å². The molecule has 0 unspecified atom stereocenters. The molecule has 0 radical (unpaired) electrons. The van der Waals surface area contributed by atoms with Crippen LogP contribution in [0.2, 0.25) is 0 Å². The Balaban J connectivity index is 4.46. The zero-order valence-corrected chi connectivity index (χ0v) is 43.4. The maximum Gasteiger partial charge on any atom is 0.306 e. The normalized spacial score (nSPS) is 12.2. The van der Waals surface area contributed by atoms with E-state index in [4.69, 9.17) is 14.2 Å². The van der Waals surface area contributed by atoms with Gasteiger partial charge in [0.15, 0.2) is 6.10 Å². The van der Waals surface area contributed by atoms with Gasteiger partial charge in [0, 0.05) is 19.3 Å². The molecule has 0 aromatic heterocycles. The highest BCUT2D eigenvalue weighted by Gasteiger charge is 2.19. The van der Waals surface area contributed by atoms with Gasteiger partial charge in [-0.25, -0.2) is 0 Å². The second-order valence-corrected chi connectivity index (χ2v) is 18.5. The Labute approximate surface area is 408 Å². The number of carbonyl (C=O) groups excluding carboxylic acids is 3. The van der Waals surface area contributed by atoms with Gasteiger partial charge in [-0.1, -0.05) is 209 Å². The standard InChI is InChI=1S/C60H104O6/c1-4-7-10-13-16-19-22-25-28-31-34-37-40-43-46-49-52-58(61)64-55-57(66-60(63)54-51-48-45-42-39-36-33-30-27-24-21-18-15-12-9-6-3)56-65-59(62)53-50-47-44-41-38-35-32-29-26-23-20-17-14-11-8-5-2/h19-24,28-33,57H,4-18,25-27,34-56H2,1-3H3/b22-19-,23-20-,24-21-,31-28-,32-29-,33-30-. The molecule has 0 aliphatic carbocycles. The molecule has 0 heterocycles. The third kappa shape index (κ3) is 51.8. The van der Waals surface area contributed by atoms with E-state index < -0.39 is 6.10 Å². The molecule has 0 atom stereocenters. The fourth-order valence-corrected chi connectivity index (χ4v) is 7.65. The molecule has 380 valence electrons. The number of hydrogen-bond donors (Lipinski definition) is 0. The summed E-state index contributed by atoms with van der Waals surface area (Å²) in [7, 11) is 0. The molecule has 0 bridgehead atoms. The predicted octanol–water partition coefficient (Wildman–Crippen LogP) is 18.6. The van der Waals surface area contributed by atoms with E-state index >= 15 is 0 Å². The lowest BCUT2D eigenvalue weighted by molar-refractivity contribution is -0.167. The van der Waals surface area contributed by atoms with Gasteiger partial charge in [0.25, 0.3) is 0 Å². The highest BCUT2D eigenvalue weighted by molar-refractivity contribution is 5.71. The Kier molecular flexibility index (Phi) is 51.9. The third-order valence-corrected chi connectivity index (χ3v) is 11.9. The maximum absolute atomic E-state index is 12.8. The van der Waals surface area contributed by atoms with E-state index in [1.54, 1.807) is 0 Å². The minimum Gasteiger partial charge on any atom is -0.462 e. The van der Waals surface area contributed by atoms with Gasteiger partial charge < -0.3 is 14.2 Å². The zero-order valence-electron chi connectivity index (χ0n) is 43.4. The highest BCUT2D eigenvalue weighted by Crippen LogP contribution is 2.14. The van der Waals surface area contributed by atoms with Crippen LogP contribution in [0, 0.1) is 0 Å². The number of unbranched alkanes of at least 4 members (excludes halogenated alkanes) is 27. The molecule has 0 aliphatic heterocycles. The van der Waals surface area contributed by atoms with Gasteiger partial charge in [0.2, 0.25) is 0 Å². The molecule has 0 amide bonds. The summed E-state index contributed by atoms with van der Waals surface area (Å²) >= 11 is 0. The molecule has 0 saturated carbocycles. The van der Waals surface area contributed by atoms with Crippen LogP contribution in [0.1, 0.15) is 271 Å². The summed E-state index contributed by atoms with van der Waals surface area (Å²) in [4.78, 5) is 38.1. The molecule has 0 spiro atoms. The van der Waals surface area contributed by atoms with Gasteiger partial charge in [-0.05, 0) is 116 Å². The van der Waals surface area contributed by atoms with Crippen LogP contribution in [0.4, 0.5) is 0 Å². The van der Waals surface area contributed by atoms with Gasteiger partial charge in [0.05, 0.1) is 0 Å². The summed E-state index contributed by atoms with van der Waals surface area (Å²) in [6, 6.07) is 0. The van der Waals surface area contributed by atoms with E-state index in [0.29, 0.717) is 19.3 Å². The van der Waals surface area contributed by atoms with E-state index in [0.717, 1.165) is 135 Å². The van der Waals surface area contributed by atoms with Gasteiger partial charge in [-0.3, -0.25) is 14.4 Å². The molecule has 6 nitrogen and oxygen atoms in total. The van der Waals surface area contributed by atoms with Crippen LogP contribution >= 0.6 is 0 Å².